The van der Waals surface area contributed by atoms with Gasteiger partial charge in [0.05, 0.1) is 0 Å². The molecule has 0 nitrogen and oxygen atoms in total. The molecular formula is C6H14P. The average molecular weight is 117 g/mol. The van der Waals surface area contributed by atoms with Gasteiger partial charge >= 0.3 is 0 Å². The third kappa shape index (κ3) is 6.43. The van der Waals surface area contributed by atoms with Gasteiger partial charge in [0.2, 0.25) is 0 Å². The third-order valence-corrected chi connectivity index (χ3v) is 2.34. The highest BCUT2D eigenvalue weighted by Gasteiger charge is 1.79. The summed E-state index contributed by atoms with van der Waals surface area (Å²) in [6.45, 7) is 6.00. The maximum Gasteiger partial charge on any atom is -0.0353 e. The van der Waals surface area contributed by atoms with E-state index in [1.54, 1.807) is 0 Å². The van der Waals surface area contributed by atoms with E-state index in [4.69, 9.17) is 0 Å². The minimum absolute atomic E-state index is 1.12. The monoisotopic (exact) mass is 117 g/mol. The van der Waals surface area contributed by atoms with Crippen LogP contribution < -0.4 is 0 Å². The van der Waals surface area contributed by atoms with Crippen LogP contribution in [0, 0.1) is 6.92 Å². The Labute approximate surface area is 48.5 Å². The van der Waals surface area contributed by atoms with E-state index >= 15 is 0 Å². The standard InChI is InChI=1S/C6H14P/c1-3-5-7-6-4-2/h7H,1,3-6H2,2H3. The zero-order valence-electron chi connectivity index (χ0n) is 5.04. The molecule has 43 valence electrons. The van der Waals surface area contributed by atoms with Crippen LogP contribution in [0.4, 0.5) is 0 Å². The molecule has 0 aliphatic carbocycles. The molecule has 1 unspecified atom stereocenters. The van der Waals surface area contributed by atoms with E-state index in [0.29, 0.717) is 0 Å². The molecule has 1 atom stereocenters. The van der Waals surface area contributed by atoms with Gasteiger partial charge in [0, 0.05) is 0 Å². The Bertz CT molecular complexity index is 23.4. The first kappa shape index (κ1) is 7.43. The van der Waals surface area contributed by atoms with Gasteiger partial charge in [-0.1, -0.05) is 20.3 Å². The lowest BCUT2D eigenvalue weighted by atomic mass is 10.6. The minimum atomic E-state index is 1.12. The fourth-order valence-corrected chi connectivity index (χ4v) is 1.28. The lowest BCUT2D eigenvalue weighted by Gasteiger charge is -1.91. The Balaban J connectivity index is 2.45. The quantitative estimate of drug-likeness (QED) is 0.391. The molecular weight excluding hydrogens is 103 g/mol. The van der Waals surface area contributed by atoms with Crippen LogP contribution in [0.2, 0.25) is 0 Å². The fraction of sp³-hybridized carbons (Fsp3) is 0.833. The maximum absolute atomic E-state index is 3.76. The molecule has 0 spiro atoms. The van der Waals surface area contributed by atoms with Gasteiger partial charge in [-0.25, -0.2) is 0 Å². The lowest BCUT2D eigenvalue weighted by Crippen LogP contribution is -1.73. The molecule has 1 heteroatoms. The molecule has 0 fully saturated rings. The Morgan fingerprint density at radius 1 is 1.43 bits per heavy atom. The number of rotatable bonds is 4. The fourth-order valence-electron chi connectivity index (χ4n) is 0.427. The third-order valence-electron chi connectivity index (χ3n) is 0.780. The summed E-state index contributed by atoms with van der Waals surface area (Å²) in [7, 11) is 1.17. The average Bonchev–Trinajstić information content (AvgIpc) is 1.69. The summed E-state index contributed by atoms with van der Waals surface area (Å²) >= 11 is 0. The molecule has 0 aromatic carbocycles. The van der Waals surface area contributed by atoms with E-state index in [0.717, 1.165) is 6.42 Å². The van der Waals surface area contributed by atoms with Crippen LogP contribution in [0.3, 0.4) is 0 Å². The highest BCUT2D eigenvalue weighted by molar-refractivity contribution is 7.37. The molecule has 0 aromatic rings. The second-order valence-corrected chi connectivity index (χ2v) is 3.10. The summed E-state index contributed by atoms with van der Waals surface area (Å²) in [6.07, 6.45) is 5.22. The van der Waals surface area contributed by atoms with Gasteiger partial charge in [0.15, 0.2) is 0 Å². The summed E-state index contributed by atoms with van der Waals surface area (Å²) in [5.74, 6) is 0. The molecule has 0 saturated heterocycles. The maximum atomic E-state index is 3.76. The summed E-state index contributed by atoms with van der Waals surface area (Å²) in [6, 6.07) is 0. The minimum Gasteiger partial charge on any atom is -0.122 e. The normalized spacial score (nSPS) is 9.43. The molecule has 0 N–H and O–H groups in total. The van der Waals surface area contributed by atoms with Crippen molar-refractivity contribution in [3.63, 3.8) is 0 Å². The van der Waals surface area contributed by atoms with Crippen LogP contribution in [0.15, 0.2) is 0 Å². The van der Waals surface area contributed by atoms with E-state index in [1.807, 2.05) is 0 Å². The van der Waals surface area contributed by atoms with Gasteiger partial charge in [-0.15, -0.1) is 8.58 Å². The van der Waals surface area contributed by atoms with Gasteiger partial charge < -0.3 is 0 Å². The highest BCUT2D eigenvalue weighted by atomic mass is 31.1. The Morgan fingerprint density at radius 2 is 2.14 bits per heavy atom. The summed E-state index contributed by atoms with van der Waals surface area (Å²) in [4.78, 5) is 0. The Hall–Kier alpha value is 0.430. The van der Waals surface area contributed by atoms with Crippen molar-refractivity contribution in [2.45, 2.75) is 19.8 Å². The van der Waals surface area contributed by atoms with Gasteiger partial charge in [0.25, 0.3) is 0 Å². The van der Waals surface area contributed by atoms with Crippen molar-refractivity contribution < 1.29 is 0 Å². The van der Waals surface area contributed by atoms with Gasteiger partial charge in [-0.2, -0.15) is 0 Å². The highest BCUT2D eigenvalue weighted by Crippen LogP contribution is 2.10. The molecule has 0 rings (SSSR count). The first-order valence-corrected chi connectivity index (χ1v) is 4.33. The molecule has 0 saturated carbocycles. The zero-order chi connectivity index (χ0) is 5.54. The molecule has 0 amide bonds. The number of hydrogen-bond acceptors (Lipinski definition) is 0. The topological polar surface area (TPSA) is 0 Å². The van der Waals surface area contributed by atoms with Gasteiger partial charge in [0.1, 0.15) is 0 Å². The second kappa shape index (κ2) is 6.43. The summed E-state index contributed by atoms with van der Waals surface area (Å²) in [5.41, 5.74) is 0. The van der Waals surface area contributed by atoms with Gasteiger partial charge in [-0.05, 0) is 18.7 Å². The zero-order valence-corrected chi connectivity index (χ0v) is 6.04. The van der Waals surface area contributed by atoms with Crippen LogP contribution >= 0.6 is 8.58 Å². The first-order valence-electron chi connectivity index (χ1n) is 2.91. The van der Waals surface area contributed by atoms with Crippen LogP contribution in [-0.2, 0) is 0 Å². The lowest BCUT2D eigenvalue weighted by molar-refractivity contribution is 1.09. The van der Waals surface area contributed by atoms with E-state index in [-0.39, 0.29) is 0 Å². The van der Waals surface area contributed by atoms with Gasteiger partial charge in [-0.3, -0.25) is 0 Å². The smallest absolute Gasteiger partial charge is 0.0353 e. The Kier molecular flexibility index (Phi) is 6.82. The summed E-state index contributed by atoms with van der Waals surface area (Å²) < 4.78 is 0. The molecule has 0 bridgehead atoms. The van der Waals surface area contributed by atoms with Crippen molar-refractivity contribution in [3.8, 4) is 0 Å². The summed E-state index contributed by atoms with van der Waals surface area (Å²) in [5, 5.41) is 0. The number of hydrogen-bond donors (Lipinski definition) is 0. The largest absolute Gasteiger partial charge is 0.122 e. The Morgan fingerprint density at radius 3 is 2.57 bits per heavy atom. The van der Waals surface area contributed by atoms with E-state index in [1.165, 1.54) is 27.3 Å². The SMILES string of the molecule is [CH2]CCPCCC. The first-order chi connectivity index (χ1) is 3.41. The molecule has 0 heterocycles. The molecule has 0 aliphatic rings. The molecule has 1 radical (unpaired) electrons. The van der Waals surface area contributed by atoms with E-state index in [2.05, 4.69) is 13.8 Å². The van der Waals surface area contributed by atoms with Crippen LogP contribution in [0.5, 0.6) is 0 Å². The molecule has 0 aliphatic heterocycles. The van der Waals surface area contributed by atoms with Crippen molar-refractivity contribution in [1.82, 2.24) is 0 Å². The predicted octanol–water partition coefficient (Wildman–Crippen LogP) is 2.30. The van der Waals surface area contributed by atoms with Crippen LogP contribution in [-0.4, -0.2) is 12.3 Å². The predicted molar refractivity (Wildman–Crippen MR) is 38.3 cm³/mol. The van der Waals surface area contributed by atoms with Crippen molar-refractivity contribution in [2.24, 2.45) is 0 Å². The van der Waals surface area contributed by atoms with Crippen molar-refractivity contribution in [2.75, 3.05) is 12.3 Å². The van der Waals surface area contributed by atoms with Crippen LogP contribution in [0.25, 0.3) is 0 Å². The van der Waals surface area contributed by atoms with Crippen LogP contribution in [0.1, 0.15) is 19.8 Å². The van der Waals surface area contributed by atoms with Crippen molar-refractivity contribution >= 4 is 8.58 Å². The second-order valence-electron chi connectivity index (χ2n) is 1.60. The van der Waals surface area contributed by atoms with E-state index < -0.39 is 0 Å². The van der Waals surface area contributed by atoms with Crippen molar-refractivity contribution in [3.05, 3.63) is 6.92 Å². The molecule has 0 aromatic heterocycles. The van der Waals surface area contributed by atoms with E-state index in [9.17, 15) is 0 Å². The van der Waals surface area contributed by atoms with Crippen molar-refractivity contribution in [1.29, 1.82) is 0 Å². The molecule has 7 heavy (non-hydrogen) atoms.